The lowest BCUT2D eigenvalue weighted by molar-refractivity contribution is 0.0803. The Hall–Kier alpha value is -1.00. The summed E-state index contributed by atoms with van der Waals surface area (Å²) < 4.78 is 29.1. The highest BCUT2D eigenvalue weighted by Crippen LogP contribution is 2.44. The highest BCUT2D eigenvalue weighted by Gasteiger charge is 2.32. The monoisotopic (exact) mass is 366 g/mol. The van der Waals surface area contributed by atoms with Gasteiger partial charge in [-0.3, -0.25) is 0 Å². The van der Waals surface area contributed by atoms with E-state index in [-0.39, 0.29) is 17.6 Å². The Kier molecular flexibility index (Phi) is 6.68. The lowest BCUT2D eigenvalue weighted by Gasteiger charge is -2.37. The van der Waals surface area contributed by atoms with E-state index in [0.717, 1.165) is 57.8 Å². The number of halogens is 2. The fraction of sp³-hybridized carbons (Fsp3) is 0.727. The maximum absolute atomic E-state index is 14.6. The summed E-state index contributed by atoms with van der Waals surface area (Å²) in [7, 11) is 0. The molecule has 146 valence electrons. The Labute approximate surface area is 155 Å². The van der Waals surface area contributed by atoms with E-state index in [9.17, 15) is 19.0 Å². The standard InChI is InChI=1S/C22H32F2O2/c1-2-3-20(26)19-13-12-18(21(23)22(19)24)16-6-4-14(5-7-16)15-8-10-17(25)11-9-15/h12-17,20,25-26H,2-11H2,1H3. The van der Waals surface area contributed by atoms with Crippen LogP contribution in [0, 0.1) is 23.5 Å². The average Bonchev–Trinajstić information content (AvgIpc) is 2.65. The van der Waals surface area contributed by atoms with Gasteiger partial charge in [-0.15, -0.1) is 0 Å². The van der Waals surface area contributed by atoms with Crippen molar-refractivity contribution in [3.63, 3.8) is 0 Å². The van der Waals surface area contributed by atoms with Gasteiger partial charge in [0.15, 0.2) is 11.6 Å². The summed E-state index contributed by atoms with van der Waals surface area (Å²) in [6.45, 7) is 1.91. The molecule has 0 amide bonds. The second-order valence-electron chi connectivity index (χ2n) is 8.36. The number of hydrogen-bond acceptors (Lipinski definition) is 2. The van der Waals surface area contributed by atoms with Crippen molar-refractivity contribution in [3.8, 4) is 0 Å². The van der Waals surface area contributed by atoms with E-state index in [1.807, 2.05) is 6.92 Å². The van der Waals surface area contributed by atoms with E-state index >= 15 is 0 Å². The van der Waals surface area contributed by atoms with Gasteiger partial charge in [-0.25, -0.2) is 8.78 Å². The van der Waals surface area contributed by atoms with E-state index in [1.54, 1.807) is 12.1 Å². The molecule has 1 aromatic carbocycles. The second-order valence-corrected chi connectivity index (χ2v) is 8.36. The van der Waals surface area contributed by atoms with Crippen LogP contribution in [0.1, 0.15) is 94.3 Å². The maximum Gasteiger partial charge on any atom is 0.164 e. The van der Waals surface area contributed by atoms with Crippen LogP contribution in [-0.4, -0.2) is 16.3 Å². The number of hydrogen-bond donors (Lipinski definition) is 2. The summed E-state index contributed by atoms with van der Waals surface area (Å²) in [4.78, 5) is 0. The smallest absolute Gasteiger partial charge is 0.164 e. The van der Waals surface area contributed by atoms with Crippen molar-refractivity contribution in [1.82, 2.24) is 0 Å². The van der Waals surface area contributed by atoms with E-state index in [2.05, 4.69) is 0 Å². The van der Waals surface area contributed by atoms with Crippen molar-refractivity contribution in [2.75, 3.05) is 0 Å². The van der Waals surface area contributed by atoms with Gasteiger partial charge in [0, 0.05) is 5.56 Å². The minimum atomic E-state index is -0.930. The van der Waals surface area contributed by atoms with E-state index in [1.165, 1.54) is 0 Å². The zero-order valence-corrected chi connectivity index (χ0v) is 15.8. The van der Waals surface area contributed by atoms with Crippen LogP contribution < -0.4 is 0 Å². The number of aliphatic hydroxyl groups excluding tert-OH is 2. The summed E-state index contributed by atoms with van der Waals surface area (Å²) in [6, 6.07) is 3.26. The molecule has 2 aliphatic rings. The lowest BCUT2D eigenvalue weighted by atomic mass is 9.69. The Bertz CT molecular complexity index is 588. The molecule has 0 aromatic heterocycles. The van der Waals surface area contributed by atoms with Gasteiger partial charge in [0.05, 0.1) is 12.2 Å². The third kappa shape index (κ3) is 4.28. The first-order chi connectivity index (χ1) is 12.5. The van der Waals surface area contributed by atoms with Crippen molar-refractivity contribution in [2.24, 2.45) is 11.8 Å². The molecule has 2 nitrogen and oxygen atoms in total. The molecule has 0 heterocycles. The topological polar surface area (TPSA) is 40.5 Å². The number of benzene rings is 1. The van der Waals surface area contributed by atoms with Crippen molar-refractivity contribution in [1.29, 1.82) is 0 Å². The van der Waals surface area contributed by atoms with Crippen LogP contribution in [0.4, 0.5) is 8.78 Å². The van der Waals surface area contributed by atoms with Gasteiger partial charge in [0.25, 0.3) is 0 Å². The number of rotatable bonds is 5. The molecule has 0 radical (unpaired) electrons. The highest BCUT2D eigenvalue weighted by atomic mass is 19.2. The average molecular weight is 366 g/mol. The molecule has 2 fully saturated rings. The largest absolute Gasteiger partial charge is 0.393 e. The first kappa shape index (κ1) is 19.8. The lowest BCUT2D eigenvalue weighted by Crippen LogP contribution is -2.27. The van der Waals surface area contributed by atoms with Crippen LogP contribution in [0.25, 0.3) is 0 Å². The predicted molar refractivity (Wildman–Crippen MR) is 98.9 cm³/mol. The number of aliphatic hydroxyl groups is 2. The maximum atomic E-state index is 14.6. The molecule has 1 unspecified atom stereocenters. The summed E-state index contributed by atoms with van der Waals surface area (Å²) in [6.07, 6.45) is 8.06. The van der Waals surface area contributed by atoms with Crippen LogP contribution in [0.5, 0.6) is 0 Å². The zero-order chi connectivity index (χ0) is 18.7. The molecule has 0 aliphatic heterocycles. The first-order valence-corrected chi connectivity index (χ1v) is 10.3. The van der Waals surface area contributed by atoms with Crippen LogP contribution in [0.15, 0.2) is 12.1 Å². The fourth-order valence-corrected chi connectivity index (χ4v) is 5.06. The summed E-state index contributed by atoms with van der Waals surface area (Å²) >= 11 is 0. The molecule has 2 saturated carbocycles. The Morgan fingerprint density at radius 3 is 2.08 bits per heavy atom. The van der Waals surface area contributed by atoms with Crippen LogP contribution in [0.2, 0.25) is 0 Å². The van der Waals surface area contributed by atoms with E-state index < -0.39 is 17.7 Å². The normalized spacial score (nSPS) is 31.0. The molecule has 2 aliphatic carbocycles. The van der Waals surface area contributed by atoms with Crippen molar-refractivity contribution >= 4 is 0 Å². The molecule has 0 saturated heterocycles. The van der Waals surface area contributed by atoms with Gasteiger partial charge in [0.1, 0.15) is 0 Å². The molecule has 4 heteroatoms. The summed E-state index contributed by atoms with van der Waals surface area (Å²) in [5.41, 5.74) is 0.565. The van der Waals surface area contributed by atoms with Crippen LogP contribution in [0.3, 0.4) is 0 Å². The molecule has 3 rings (SSSR count). The Balaban J connectivity index is 1.63. The van der Waals surface area contributed by atoms with E-state index in [4.69, 9.17) is 0 Å². The van der Waals surface area contributed by atoms with Gasteiger partial charge in [0.2, 0.25) is 0 Å². The van der Waals surface area contributed by atoms with Crippen molar-refractivity contribution < 1.29 is 19.0 Å². The van der Waals surface area contributed by atoms with Crippen LogP contribution >= 0.6 is 0 Å². The zero-order valence-electron chi connectivity index (χ0n) is 15.8. The SMILES string of the molecule is CCCC(O)c1ccc(C2CCC(C3CCC(O)CC3)CC2)c(F)c1F. The molecular formula is C22H32F2O2. The Morgan fingerprint density at radius 2 is 1.50 bits per heavy atom. The van der Waals surface area contributed by atoms with Gasteiger partial charge < -0.3 is 10.2 Å². The van der Waals surface area contributed by atoms with Gasteiger partial charge in [-0.1, -0.05) is 25.5 Å². The molecule has 0 spiro atoms. The van der Waals surface area contributed by atoms with Crippen LogP contribution in [-0.2, 0) is 0 Å². The third-order valence-corrected chi connectivity index (χ3v) is 6.68. The molecule has 26 heavy (non-hydrogen) atoms. The highest BCUT2D eigenvalue weighted by molar-refractivity contribution is 5.30. The van der Waals surface area contributed by atoms with E-state index in [0.29, 0.717) is 23.8 Å². The summed E-state index contributed by atoms with van der Waals surface area (Å²) in [5, 5.41) is 19.7. The Morgan fingerprint density at radius 1 is 0.923 bits per heavy atom. The molecule has 1 aromatic rings. The third-order valence-electron chi connectivity index (χ3n) is 6.68. The predicted octanol–water partition coefficient (Wildman–Crippen LogP) is 5.62. The molecular weight excluding hydrogens is 334 g/mol. The quantitative estimate of drug-likeness (QED) is 0.710. The minimum Gasteiger partial charge on any atom is -0.393 e. The molecule has 0 bridgehead atoms. The molecule has 1 atom stereocenters. The van der Waals surface area contributed by atoms with Gasteiger partial charge in [-0.05, 0) is 81.1 Å². The second kappa shape index (κ2) is 8.79. The first-order valence-electron chi connectivity index (χ1n) is 10.3. The van der Waals surface area contributed by atoms with Crippen molar-refractivity contribution in [3.05, 3.63) is 34.9 Å². The fourth-order valence-electron chi connectivity index (χ4n) is 5.06. The van der Waals surface area contributed by atoms with Gasteiger partial charge >= 0.3 is 0 Å². The van der Waals surface area contributed by atoms with Crippen molar-refractivity contribution in [2.45, 2.75) is 89.3 Å². The minimum absolute atomic E-state index is 0.0762. The molecule has 2 N–H and O–H groups in total. The summed E-state index contributed by atoms with van der Waals surface area (Å²) in [5.74, 6) is -0.203. The van der Waals surface area contributed by atoms with Gasteiger partial charge in [-0.2, -0.15) is 0 Å².